The second kappa shape index (κ2) is 9.85. The Labute approximate surface area is 216 Å². The first-order valence-electron chi connectivity index (χ1n) is 11.3. The molecule has 8 heteroatoms. The maximum atomic E-state index is 14.4. The van der Waals surface area contributed by atoms with Crippen molar-refractivity contribution in [1.29, 1.82) is 0 Å². The van der Waals surface area contributed by atoms with Gasteiger partial charge in [0.15, 0.2) is 0 Å². The Kier molecular flexibility index (Phi) is 7.00. The smallest absolute Gasteiger partial charge is 0.344 e. The first kappa shape index (κ1) is 25.6. The summed E-state index contributed by atoms with van der Waals surface area (Å²) in [6, 6.07) is 13.0. The molecule has 1 amide bonds. The number of carbonyl (C=O) groups excluding carboxylic acids is 2. The number of hydrogen-bond donors (Lipinski definition) is 1. The van der Waals surface area contributed by atoms with Crippen LogP contribution in [0.2, 0.25) is 0 Å². The Morgan fingerprint density at radius 2 is 1.69 bits per heavy atom. The summed E-state index contributed by atoms with van der Waals surface area (Å²) in [7, 11) is 0. The number of fused-ring (bicyclic) bond motifs is 1. The van der Waals surface area contributed by atoms with Crippen LogP contribution in [0.5, 0.6) is 5.75 Å². The molecule has 0 spiro atoms. The molecule has 0 bridgehead atoms. The third-order valence-corrected chi connectivity index (χ3v) is 6.18. The number of ether oxygens (including phenoxy) is 2. The van der Waals surface area contributed by atoms with Gasteiger partial charge in [0, 0.05) is 16.8 Å². The average Bonchev–Trinajstić information content (AvgIpc) is 2.79. The summed E-state index contributed by atoms with van der Waals surface area (Å²) in [4.78, 5) is 24.9. The summed E-state index contributed by atoms with van der Waals surface area (Å²) in [5, 5.41) is 2.50. The highest BCUT2D eigenvalue weighted by atomic mass is 79.9. The minimum absolute atomic E-state index is 0.0245. The molecule has 0 atom stereocenters. The van der Waals surface area contributed by atoms with E-state index < -0.39 is 34.7 Å². The van der Waals surface area contributed by atoms with Crippen LogP contribution in [0.3, 0.4) is 0 Å². The molecule has 1 aliphatic heterocycles. The van der Waals surface area contributed by atoms with Gasteiger partial charge in [-0.15, -0.1) is 0 Å². The van der Waals surface area contributed by atoms with Gasteiger partial charge in [-0.05, 0) is 85.1 Å². The van der Waals surface area contributed by atoms with Gasteiger partial charge >= 0.3 is 5.97 Å². The number of amides is 1. The largest absolute Gasteiger partial charge is 0.482 e. The number of carbonyl (C=O) groups is 2. The zero-order valence-corrected chi connectivity index (χ0v) is 21.8. The molecule has 186 valence electrons. The molecule has 0 saturated heterocycles. The fourth-order valence-corrected chi connectivity index (χ4v) is 4.51. The van der Waals surface area contributed by atoms with Crippen LogP contribution in [0.4, 0.5) is 14.5 Å². The Balaban J connectivity index is 1.70. The molecule has 36 heavy (non-hydrogen) atoms. The zero-order valence-electron chi connectivity index (χ0n) is 20.2. The number of aryl methyl sites for hydroxylation is 1. The lowest BCUT2D eigenvalue weighted by Gasteiger charge is -2.32. The van der Waals surface area contributed by atoms with Crippen molar-refractivity contribution in [1.82, 2.24) is 0 Å². The normalized spacial score (nSPS) is 13.8. The van der Waals surface area contributed by atoms with Crippen molar-refractivity contribution < 1.29 is 27.8 Å². The van der Waals surface area contributed by atoms with Crippen molar-refractivity contribution in [2.45, 2.75) is 33.3 Å². The van der Waals surface area contributed by atoms with E-state index in [9.17, 15) is 18.4 Å². The van der Waals surface area contributed by atoms with Crippen molar-refractivity contribution in [3.8, 4) is 5.75 Å². The van der Waals surface area contributed by atoms with Crippen LogP contribution < -0.4 is 10.1 Å². The third-order valence-electron chi connectivity index (χ3n) is 5.60. The second-order valence-electron chi connectivity index (χ2n) is 8.95. The van der Waals surface area contributed by atoms with Crippen molar-refractivity contribution in [3.05, 3.63) is 98.5 Å². The lowest BCUT2D eigenvalue weighted by Crippen LogP contribution is -2.29. The minimum atomic E-state index is -1.13. The molecule has 0 aromatic heterocycles. The van der Waals surface area contributed by atoms with Crippen LogP contribution in [0.15, 0.2) is 59.1 Å². The first-order valence-corrected chi connectivity index (χ1v) is 12.1. The molecule has 1 aliphatic rings. The molecule has 5 nitrogen and oxygen atoms in total. The van der Waals surface area contributed by atoms with Crippen LogP contribution in [0.25, 0.3) is 5.57 Å². The van der Waals surface area contributed by atoms with Crippen molar-refractivity contribution in [2.24, 2.45) is 0 Å². The quantitative estimate of drug-likeness (QED) is 0.342. The van der Waals surface area contributed by atoms with Gasteiger partial charge in [-0.25, -0.2) is 13.6 Å². The zero-order chi connectivity index (χ0) is 26.2. The lowest BCUT2D eigenvalue weighted by molar-refractivity contribution is 0.0515. The number of hydrogen-bond acceptors (Lipinski definition) is 4. The third kappa shape index (κ3) is 5.18. The van der Waals surface area contributed by atoms with Crippen LogP contribution in [-0.4, -0.2) is 24.1 Å². The summed E-state index contributed by atoms with van der Waals surface area (Å²) in [6.07, 6.45) is 1.99. The SMILES string of the molecule is CCOC(=O)c1c(F)cc(NC(=O)c2cc(Br)c3c(c2)C(c2ccc(C)cc2)=CC(C)(C)O3)cc1F. The highest BCUT2D eigenvalue weighted by Crippen LogP contribution is 2.44. The van der Waals surface area contributed by atoms with Crippen molar-refractivity contribution in [3.63, 3.8) is 0 Å². The van der Waals surface area contributed by atoms with Crippen LogP contribution in [-0.2, 0) is 4.74 Å². The summed E-state index contributed by atoms with van der Waals surface area (Å²) in [6.45, 7) is 7.40. The van der Waals surface area contributed by atoms with Gasteiger partial charge in [0.05, 0.1) is 11.1 Å². The maximum Gasteiger partial charge on any atom is 0.344 e. The number of benzene rings is 3. The van der Waals surface area contributed by atoms with E-state index in [-0.39, 0.29) is 17.9 Å². The molecule has 0 aliphatic carbocycles. The Bertz CT molecular complexity index is 1370. The minimum Gasteiger partial charge on any atom is -0.482 e. The lowest BCUT2D eigenvalue weighted by atomic mass is 9.88. The number of esters is 1. The highest BCUT2D eigenvalue weighted by Gasteiger charge is 2.30. The number of anilines is 1. The Morgan fingerprint density at radius 1 is 1.06 bits per heavy atom. The fraction of sp³-hybridized carbons (Fsp3) is 0.214. The Hall–Kier alpha value is -3.52. The van der Waals surface area contributed by atoms with E-state index in [0.717, 1.165) is 28.8 Å². The van der Waals surface area contributed by atoms with Gasteiger partial charge < -0.3 is 14.8 Å². The van der Waals surface area contributed by atoms with E-state index >= 15 is 0 Å². The van der Waals surface area contributed by atoms with E-state index in [1.807, 2.05) is 51.1 Å². The molecule has 4 rings (SSSR count). The topological polar surface area (TPSA) is 64.6 Å². The standard InChI is InChI=1S/C28H24BrF2NO4/c1-5-35-27(34)24-22(30)12-18(13-23(24)31)32-26(33)17-10-19-20(16-8-6-15(2)7-9-16)14-28(3,4)36-25(19)21(29)11-17/h6-14H,5H2,1-4H3,(H,32,33). The average molecular weight is 556 g/mol. The molecule has 1 N–H and O–H groups in total. The molecule has 0 saturated carbocycles. The molecular formula is C28H24BrF2NO4. The van der Waals surface area contributed by atoms with Crippen LogP contribution >= 0.6 is 15.9 Å². The van der Waals surface area contributed by atoms with E-state index in [4.69, 9.17) is 4.74 Å². The number of halogens is 3. The molecular weight excluding hydrogens is 532 g/mol. The van der Waals surface area contributed by atoms with E-state index in [1.54, 1.807) is 12.1 Å². The maximum absolute atomic E-state index is 14.4. The van der Waals surface area contributed by atoms with Crippen LogP contribution in [0, 0.1) is 18.6 Å². The second-order valence-corrected chi connectivity index (χ2v) is 9.81. The number of rotatable bonds is 5. The summed E-state index contributed by atoms with van der Waals surface area (Å²) < 4.78 is 40.3. The van der Waals surface area contributed by atoms with E-state index in [1.165, 1.54) is 6.92 Å². The summed E-state index contributed by atoms with van der Waals surface area (Å²) in [5.74, 6) is -3.37. The molecule has 3 aromatic carbocycles. The van der Waals surface area contributed by atoms with Crippen molar-refractivity contribution >= 4 is 39.1 Å². The van der Waals surface area contributed by atoms with E-state index in [2.05, 4.69) is 26.0 Å². The number of nitrogens with one attached hydrogen (secondary N) is 1. The highest BCUT2D eigenvalue weighted by molar-refractivity contribution is 9.10. The molecule has 3 aromatic rings. The molecule has 1 heterocycles. The van der Waals surface area contributed by atoms with Gasteiger partial charge in [0.2, 0.25) is 0 Å². The fourth-order valence-electron chi connectivity index (χ4n) is 3.96. The van der Waals surface area contributed by atoms with Gasteiger partial charge in [0.1, 0.15) is 28.5 Å². The predicted molar refractivity (Wildman–Crippen MR) is 137 cm³/mol. The summed E-state index contributed by atoms with van der Waals surface area (Å²) >= 11 is 3.51. The van der Waals surface area contributed by atoms with Gasteiger partial charge in [-0.2, -0.15) is 0 Å². The van der Waals surface area contributed by atoms with Crippen LogP contribution in [0.1, 0.15) is 58.2 Å². The Morgan fingerprint density at radius 3 is 2.31 bits per heavy atom. The molecule has 0 radical (unpaired) electrons. The van der Waals surface area contributed by atoms with Gasteiger partial charge in [0.25, 0.3) is 5.91 Å². The molecule has 0 unspecified atom stereocenters. The van der Waals surface area contributed by atoms with Crippen molar-refractivity contribution in [2.75, 3.05) is 11.9 Å². The van der Waals surface area contributed by atoms with E-state index in [0.29, 0.717) is 15.8 Å². The molecule has 0 fully saturated rings. The van der Waals surface area contributed by atoms with Gasteiger partial charge in [-0.3, -0.25) is 4.79 Å². The van der Waals surface area contributed by atoms with Gasteiger partial charge in [-0.1, -0.05) is 29.8 Å². The summed E-state index contributed by atoms with van der Waals surface area (Å²) in [5.41, 5.74) is 2.39. The monoisotopic (exact) mass is 555 g/mol. The predicted octanol–water partition coefficient (Wildman–Crippen LogP) is 7.07. The first-order chi connectivity index (χ1) is 17.0.